The summed E-state index contributed by atoms with van der Waals surface area (Å²) in [6.45, 7) is 0.456. The maximum absolute atomic E-state index is 12.1. The monoisotopic (exact) mass is 336 g/mol. The molecule has 0 saturated carbocycles. The van der Waals surface area contributed by atoms with E-state index in [0.717, 1.165) is 22.7 Å². The molecule has 0 aliphatic rings. The van der Waals surface area contributed by atoms with E-state index < -0.39 is 0 Å². The van der Waals surface area contributed by atoms with Gasteiger partial charge in [0.25, 0.3) is 0 Å². The Balaban J connectivity index is 1.49. The first kappa shape index (κ1) is 16.7. The number of rotatable bonds is 7. The number of carbonyl (C=O) groups is 1. The summed E-state index contributed by atoms with van der Waals surface area (Å²) in [7, 11) is 1.64. The Kier molecular flexibility index (Phi) is 5.41. The molecule has 0 fully saturated rings. The zero-order valence-electron chi connectivity index (χ0n) is 14.1. The number of hydrogen-bond donors (Lipinski definition) is 1. The highest BCUT2D eigenvalue weighted by atomic mass is 16.5. The lowest BCUT2D eigenvalue weighted by atomic mass is 10.1. The molecule has 1 N–H and O–H groups in total. The fraction of sp³-hybridized carbons (Fsp3) is 0.211. The first-order chi connectivity index (χ1) is 12.3. The Hall–Kier alpha value is -3.15. The van der Waals surface area contributed by atoms with E-state index >= 15 is 0 Å². The third-order valence-corrected chi connectivity index (χ3v) is 3.85. The molecular weight excluding hydrogens is 316 g/mol. The molecule has 1 amide bonds. The van der Waals surface area contributed by atoms with E-state index in [-0.39, 0.29) is 5.91 Å². The van der Waals surface area contributed by atoms with Gasteiger partial charge in [-0.1, -0.05) is 24.3 Å². The summed E-state index contributed by atoms with van der Waals surface area (Å²) in [5, 5.41) is 7.05. The van der Waals surface area contributed by atoms with E-state index in [4.69, 9.17) is 4.74 Å². The molecule has 6 nitrogen and oxygen atoms in total. The maximum atomic E-state index is 12.1. The summed E-state index contributed by atoms with van der Waals surface area (Å²) in [4.78, 5) is 16.4. The smallest absolute Gasteiger partial charge is 0.220 e. The number of benzene rings is 1. The van der Waals surface area contributed by atoms with Crippen LogP contribution in [0.4, 0.5) is 0 Å². The minimum Gasteiger partial charge on any atom is -0.496 e. The van der Waals surface area contributed by atoms with Gasteiger partial charge in [-0.3, -0.25) is 4.79 Å². The summed E-state index contributed by atoms with van der Waals surface area (Å²) in [6, 6.07) is 13.4. The van der Waals surface area contributed by atoms with E-state index in [9.17, 15) is 4.79 Å². The van der Waals surface area contributed by atoms with Crippen molar-refractivity contribution in [2.24, 2.45) is 0 Å². The fourth-order valence-electron chi connectivity index (χ4n) is 2.51. The highest BCUT2D eigenvalue weighted by molar-refractivity contribution is 5.76. The average molecular weight is 336 g/mol. The average Bonchev–Trinajstić information content (AvgIpc) is 3.20. The number of para-hydroxylation sites is 1. The number of ether oxygens (including phenoxy) is 1. The molecule has 3 rings (SSSR count). The Morgan fingerprint density at radius 1 is 1.20 bits per heavy atom. The zero-order chi connectivity index (χ0) is 17.5. The number of aromatic nitrogens is 3. The van der Waals surface area contributed by atoms with Gasteiger partial charge < -0.3 is 10.1 Å². The lowest BCUT2D eigenvalue weighted by Crippen LogP contribution is -2.23. The van der Waals surface area contributed by atoms with E-state index in [2.05, 4.69) is 15.4 Å². The van der Waals surface area contributed by atoms with Gasteiger partial charge in [0.15, 0.2) is 5.82 Å². The minimum atomic E-state index is 0.00191. The second-order valence-electron chi connectivity index (χ2n) is 5.56. The number of nitrogens with zero attached hydrogens (tertiary/aromatic N) is 3. The van der Waals surface area contributed by atoms with Crippen LogP contribution in [0.3, 0.4) is 0 Å². The molecule has 0 aliphatic heterocycles. The van der Waals surface area contributed by atoms with Crippen LogP contribution in [0, 0.1) is 0 Å². The largest absolute Gasteiger partial charge is 0.496 e. The number of amides is 1. The van der Waals surface area contributed by atoms with Gasteiger partial charge >= 0.3 is 0 Å². The fourth-order valence-corrected chi connectivity index (χ4v) is 2.51. The van der Waals surface area contributed by atoms with Crippen LogP contribution in [-0.2, 0) is 17.8 Å². The Bertz CT molecular complexity index is 814. The van der Waals surface area contributed by atoms with Gasteiger partial charge in [-0.2, -0.15) is 5.10 Å². The third-order valence-electron chi connectivity index (χ3n) is 3.85. The topological polar surface area (TPSA) is 69.0 Å². The lowest BCUT2D eigenvalue weighted by molar-refractivity contribution is -0.121. The Morgan fingerprint density at radius 3 is 2.80 bits per heavy atom. The van der Waals surface area contributed by atoms with Crippen molar-refractivity contribution in [2.75, 3.05) is 7.11 Å². The van der Waals surface area contributed by atoms with Crippen molar-refractivity contribution in [3.63, 3.8) is 0 Å². The molecule has 0 atom stereocenters. The maximum Gasteiger partial charge on any atom is 0.220 e. The first-order valence-electron chi connectivity index (χ1n) is 8.10. The van der Waals surface area contributed by atoms with E-state index in [1.807, 2.05) is 48.7 Å². The van der Waals surface area contributed by atoms with Gasteiger partial charge in [0.2, 0.25) is 5.91 Å². The number of carbonyl (C=O) groups excluding carboxylic acids is 1. The van der Waals surface area contributed by atoms with E-state index in [1.165, 1.54) is 0 Å². The highest BCUT2D eigenvalue weighted by Gasteiger charge is 2.06. The van der Waals surface area contributed by atoms with Crippen molar-refractivity contribution >= 4 is 5.91 Å². The Labute approximate surface area is 146 Å². The molecule has 3 aromatic rings. The van der Waals surface area contributed by atoms with Gasteiger partial charge in [0.1, 0.15) is 5.75 Å². The van der Waals surface area contributed by atoms with E-state index in [0.29, 0.717) is 19.4 Å². The van der Waals surface area contributed by atoms with Gasteiger partial charge in [-0.15, -0.1) is 0 Å². The summed E-state index contributed by atoms with van der Waals surface area (Å²) in [5.74, 6) is 1.56. The summed E-state index contributed by atoms with van der Waals surface area (Å²) >= 11 is 0. The van der Waals surface area contributed by atoms with E-state index in [1.54, 1.807) is 24.2 Å². The SMILES string of the molecule is COc1ccccc1CCC(=O)NCc1ccc(-n2cccn2)nc1. The van der Waals surface area contributed by atoms with Crippen molar-refractivity contribution in [1.29, 1.82) is 0 Å². The molecule has 1 aromatic carbocycles. The van der Waals surface area contributed by atoms with Crippen LogP contribution >= 0.6 is 0 Å². The minimum absolute atomic E-state index is 0.00191. The number of nitrogens with one attached hydrogen (secondary N) is 1. The molecule has 0 bridgehead atoms. The number of hydrogen-bond acceptors (Lipinski definition) is 4. The first-order valence-corrected chi connectivity index (χ1v) is 8.10. The molecule has 0 unspecified atom stereocenters. The van der Waals surface area contributed by atoms with Crippen LogP contribution in [0.1, 0.15) is 17.5 Å². The molecule has 0 aliphatic carbocycles. The third kappa shape index (κ3) is 4.44. The van der Waals surface area contributed by atoms with Crippen LogP contribution in [0.15, 0.2) is 61.1 Å². The van der Waals surface area contributed by atoms with Crippen molar-refractivity contribution in [3.8, 4) is 11.6 Å². The standard InChI is InChI=1S/C19H20N4O2/c1-25-17-6-3-2-5-16(17)8-10-19(24)21-14-15-7-9-18(20-13-15)23-12-4-11-22-23/h2-7,9,11-13H,8,10,14H2,1H3,(H,21,24). The molecule has 2 aromatic heterocycles. The van der Waals surface area contributed by atoms with Gasteiger partial charge in [-0.05, 0) is 35.7 Å². The second-order valence-corrected chi connectivity index (χ2v) is 5.56. The van der Waals surface area contributed by atoms with Gasteiger partial charge in [0.05, 0.1) is 7.11 Å². The van der Waals surface area contributed by atoms with Crippen molar-refractivity contribution < 1.29 is 9.53 Å². The molecule has 0 radical (unpaired) electrons. The predicted octanol–water partition coefficient (Wildman–Crippen LogP) is 2.52. The highest BCUT2D eigenvalue weighted by Crippen LogP contribution is 2.18. The molecular formula is C19H20N4O2. The number of pyridine rings is 1. The summed E-state index contributed by atoms with van der Waals surface area (Å²) in [6.07, 6.45) is 6.35. The molecule has 25 heavy (non-hydrogen) atoms. The van der Waals surface area contributed by atoms with Crippen LogP contribution in [0.2, 0.25) is 0 Å². The molecule has 6 heteroatoms. The van der Waals surface area contributed by atoms with Gasteiger partial charge in [-0.25, -0.2) is 9.67 Å². The second kappa shape index (κ2) is 8.10. The Morgan fingerprint density at radius 2 is 2.08 bits per heavy atom. The summed E-state index contributed by atoms with van der Waals surface area (Å²) in [5.41, 5.74) is 1.98. The van der Waals surface area contributed by atoms with Crippen LogP contribution in [0.5, 0.6) is 5.75 Å². The number of aryl methyl sites for hydroxylation is 1. The van der Waals surface area contributed by atoms with Gasteiger partial charge in [0, 0.05) is 31.6 Å². The molecule has 0 saturated heterocycles. The lowest BCUT2D eigenvalue weighted by Gasteiger charge is -2.09. The van der Waals surface area contributed by atoms with Crippen LogP contribution in [-0.4, -0.2) is 27.8 Å². The molecule has 0 spiro atoms. The quantitative estimate of drug-likeness (QED) is 0.720. The normalized spacial score (nSPS) is 10.4. The van der Waals surface area contributed by atoms with Crippen LogP contribution < -0.4 is 10.1 Å². The summed E-state index contributed by atoms with van der Waals surface area (Å²) < 4.78 is 6.99. The predicted molar refractivity (Wildman–Crippen MR) is 94.5 cm³/mol. The molecule has 2 heterocycles. The zero-order valence-corrected chi connectivity index (χ0v) is 14.1. The molecule has 128 valence electrons. The van der Waals surface area contributed by atoms with Crippen LogP contribution in [0.25, 0.3) is 5.82 Å². The number of methoxy groups -OCH3 is 1. The van der Waals surface area contributed by atoms with Crippen molar-refractivity contribution in [2.45, 2.75) is 19.4 Å². The van der Waals surface area contributed by atoms with Crippen molar-refractivity contribution in [3.05, 3.63) is 72.2 Å². The van der Waals surface area contributed by atoms with Crippen molar-refractivity contribution in [1.82, 2.24) is 20.1 Å².